The van der Waals surface area contributed by atoms with Gasteiger partial charge in [0.25, 0.3) is 0 Å². The third-order valence-corrected chi connectivity index (χ3v) is 5.13. The van der Waals surface area contributed by atoms with Crippen LogP contribution in [0.3, 0.4) is 0 Å². The van der Waals surface area contributed by atoms with E-state index in [9.17, 15) is 4.39 Å². The van der Waals surface area contributed by atoms with Crippen LogP contribution in [0.4, 0.5) is 4.39 Å². The second-order valence-electron chi connectivity index (χ2n) is 6.52. The van der Waals surface area contributed by atoms with Crippen LogP contribution < -0.4 is 5.32 Å². The summed E-state index contributed by atoms with van der Waals surface area (Å²) in [7, 11) is 1.66. The number of methoxy groups -OCH3 is 1. The van der Waals surface area contributed by atoms with E-state index in [1.54, 1.807) is 25.4 Å². The van der Waals surface area contributed by atoms with E-state index in [0.29, 0.717) is 24.0 Å². The van der Waals surface area contributed by atoms with Crippen LogP contribution in [0.2, 0.25) is 0 Å². The number of furan rings is 1. The van der Waals surface area contributed by atoms with Gasteiger partial charge in [0.2, 0.25) is 0 Å². The molecule has 0 amide bonds. The molecular weight excluding hydrogens is 377 g/mol. The summed E-state index contributed by atoms with van der Waals surface area (Å²) in [6, 6.07) is 15.6. The topological polar surface area (TPSA) is 50.5 Å². The zero-order chi connectivity index (χ0) is 19.5. The molecular formula is C21H20FN3O2S. The predicted molar refractivity (Wildman–Crippen MR) is 108 cm³/mol. The van der Waals surface area contributed by atoms with E-state index >= 15 is 0 Å². The van der Waals surface area contributed by atoms with Crippen LogP contribution in [0.1, 0.15) is 23.5 Å². The van der Waals surface area contributed by atoms with Crippen LogP contribution >= 0.6 is 12.2 Å². The SMILES string of the molecule is COCCN1C(=S)N[C@@H](c2ccccn2)[C@@H]1c1ccc(-c2ccc(F)cc2)o1. The molecule has 0 bridgehead atoms. The van der Waals surface area contributed by atoms with Crippen LogP contribution in [0, 0.1) is 5.82 Å². The van der Waals surface area contributed by atoms with Gasteiger partial charge in [-0.25, -0.2) is 4.39 Å². The fourth-order valence-corrected chi connectivity index (χ4v) is 3.76. The van der Waals surface area contributed by atoms with Gasteiger partial charge in [0.05, 0.1) is 18.3 Å². The number of aromatic nitrogens is 1. The van der Waals surface area contributed by atoms with Gasteiger partial charge < -0.3 is 19.4 Å². The van der Waals surface area contributed by atoms with Crippen molar-refractivity contribution in [2.45, 2.75) is 12.1 Å². The fraction of sp³-hybridized carbons (Fsp3) is 0.238. The molecule has 0 saturated carbocycles. The highest BCUT2D eigenvalue weighted by Gasteiger charge is 2.41. The molecule has 0 aliphatic carbocycles. The molecule has 28 heavy (non-hydrogen) atoms. The number of hydrogen-bond donors (Lipinski definition) is 1. The van der Waals surface area contributed by atoms with Gasteiger partial charge in [-0.1, -0.05) is 6.07 Å². The number of thiocarbonyl (C=S) groups is 1. The van der Waals surface area contributed by atoms with Crippen molar-refractivity contribution in [3.63, 3.8) is 0 Å². The van der Waals surface area contributed by atoms with E-state index in [2.05, 4.69) is 15.2 Å². The lowest BCUT2D eigenvalue weighted by atomic mass is 10.0. The predicted octanol–water partition coefficient (Wildman–Crippen LogP) is 4.10. The Labute approximate surface area is 168 Å². The van der Waals surface area contributed by atoms with Gasteiger partial charge in [0, 0.05) is 25.4 Å². The maximum absolute atomic E-state index is 13.2. The highest BCUT2D eigenvalue weighted by Crippen LogP contribution is 2.40. The molecule has 144 valence electrons. The summed E-state index contributed by atoms with van der Waals surface area (Å²) in [6.45, 7) is 1.17. The van der Waals surface area contributed by atoms with E-state index in [-0.39, 0.29) is 17.9 Å². The maximum atomic E-state index is 13.2. The van der Waals surface area contributed by atoms with Crippen molar-refractivity contribution in [1.82, 2.24) is 15.2 Å². The zero-order valence-corrected chi connectivity index (χ0v) is 16.2. The highest BCUT2D eigenvalue weighted by atomic mass is 32.1. The van der Waals surface area contributed by atoms with Gasteiger partial charge in [0.15, 0.2) is 5.11 Å². The second-order valence-corrected chi connectivity index (χ2v) is 6.91. The molecule has 1 saturated heterocycles. The minimum absolute atomic E-state index is 0.141. The van der Waals surface area contributed by atoms with Crippen molar-refractivity contribution in [3.05, 3.63) is 78.1 Å². The lowest BCUT2D eigenvalue weighted by Crippen LogP contribution is -2.32. The lowest BCUT2D eigenvalue weighted by Gasteiger charge is -2.25. The van der Waals surface area contributed by atoms with E-state index in [4.69, 9.17) is 21.4 Å². The first kappa shape index (κ1) is 18.6. The van der Waals surface area contributed by atoms with Gasteiger partial charge in [0.1, 0.15) is 23.4 Å². The molecule has 0 unspecified atom stereocenters. The Hall–Kier alpha value is -2.77. The Kier molecular flexibility index (Phi) is 5.36. The number of ether oxygens (including phenoxy) is 1. The quantitative estimate of drug-likeness (QED) is 0.632. The van der Waals surface area contributed by atoms with E-state index in [1.807, 2.05) is 30.3 Å². The Morgan fingerprint density at radius 1 is 1.18 bits per heavy atom. The van der Waals surface area contributed by atoms with Crippen molar-refractivity contribution in [1.29, 1.82) is 0 Å². The van der Waals surface area contributed by atoms with E-state index < -0.39 is 0 Å². The zero-order valence-electron chi connectivity index (χ0n) is 15.3. The summed E-state index contributed by atoms with van der Waals surface area (Å²) in [5, 5.41) is 4.00. The Bertz CT molecular complexity index is 946. The third kappa shape index (κ3) is 3.63. The maximum Gasteiger partial charge on any atom is 0.170 e. The summed E-state index contributed by atoms with van der Waals surface area (Å²) in [5.74, 6) is 1.17. The van der Waals surface area contributed by atoms with E-state index in [0.717, 1.165) is 17.0 Å². The number of rotatable bonds is 6. The second kappa shape index (κ2) is 8.08. The van der Waals surface area contributed by atoms with Crippen molar-refractivity contribution in [2.24, 2.45) is 0 Å². The number of benzene rings is 1. The molecule has 0 spiro atoms. The minimum atomic E-state index is -0.276. The Morgan fingerprint density at radius 2 is 2.00 bits per heavy atom. The smallest absolute Gasteiger partial charge is 0.170 e. The van der Waals surface area contributed by atoms with Crippen LogP contribution in [0.5, 0.6) is 0 Å². The molecule has 1 N–H and O–H groups in total. The first-order chi connectivity index (χ1) is 13.7. The summed E-state index contributed by atoms with van der Waals surface area (Å²) >= 11 is 5.57. The van der Waals surface area contributed by atoms with Gasteiger partial charge >= 0.3 is 0 Å². The molecule has 1 aromatic carbocycles. The molecule has 1 aliphatic heterocycles. The Morgan fingerprint density at radius 3 is 2.71 bits per heavy atom. The molecule has 3 heterocycles. The first-order valence-electron chi connectivity index (χ1n) is 9.00. The van der Waals surface area contributed by atoms with Gasteiger partial charge in [-0.3, -0.25) is 4.98 Å². The lowest BCUT2D eigenvalue weighted by molar-refractivity contribution is 0.158. The first-order valence-corrected chi connectivity index (χ1v) is 9.41. The number of hydrogen-bond acceptors (Lipinski definition) is 4. The molecule has 7 heteroatoms. The molecule has 5 nitrogen and oxygen atoms in total. The van der Waals surface area contributed by atoms with Crippen molar-refractivity contribution in [2.75, 3.05) is 20.3 Å². The monoisotopic (exact) mass is 397 g/mol. The molecule has 4 rings (SSSR count). The minimum Gasteiger partial charge on any atom is -0.459 e. The molecule has 2 atom stereocenters. The van der Waals surface area contributed by atoms with Crippen LogP contribution in [-0.4, -0.2) is 35.3 Å². The normalized spacial score (nSPS) is 19.1. The van der Waals surface area contributed by atoms with Gasteiger partial charge in [-0.2, -0.15) is 0 Å². The van der Waals surface area contributed by atoms with Gasteiger partial charge in [-0.15, -0.1) is 0 Å². The highest BCUT2D eigenvalue weighted by molar-refractivity contribution is 7.80. The molecule has 0 radical (unpaired) electrons. The summed E-state index contributed by atoms with van der Waals surface area (Å²) in [4.78, 5) is 6.56. The number of halogens is 1. The van der Waals surface area contributed by atoms with E-state index in [1.165, 1.54) is 12.1 Å². The fourth-order valence-electron chi connectivity index (χ4n) is 3.43. The van der Waals surface area contributed by atoms with Gasteiger partial charge in [-0.05, 0) is 60.7 Å². The summed E-state index contributed by atoms with van der Waals surface area (Å²) in [6.07, 6.45) is 1.76. The molecule has 2 aromatic heterocycles. The molecule has 1 aliphatic rings. The largest absolute Gasteiger partial charge is 0.459 e. The average molecular weight is 397 g/mol. The van der Waals surface area contributed by atoms with Crippen molar-refractivity contribution in [3.8, 4) is 11.3 Å². The van der Waals surface area contributed by atoms with Crippen molar-refractivity contribution < 1.29 is 13.5 Å². The van der Waals surface area contributed by atoms with Crippen LogP contribution in [0.25, 0.3) is 11.3 Å². The molecule has 1 fully saturated rings. The average Bonchev–Trinajstić information content (AvgIpc) is 3.32. The van der Waals surface area contributed by atoms with Crippen LogP contribution in [-0.2, 0) is 4.74 Å². The standard InChI is InChI=1S/C21H20FN3O2S/c1-26-13-12-25-20(19(24-21(25)28)16-4-2-3-11-23-16)18-10-9-17(27-18)14-5-7-15(22)8-6-14/h2-11,19-20H,12-13H2,1H3,(H,24,28)/t19-,20-/m0/s1. The summed E-state index contributed by atoms with van der Waals surface area (Å²) in [5.41, 5.74) is 1.70. The number of nitrogens with one attached hydrogen (secondary N) is 1. The number of nitrogens with zero attached hydrogens (tertiary/aromatic N) is 2. The van der Waals surface area contributed by atoms with Crippen LogP contribution in [0.15, 0.2) is 65.2 Å². The molecule has 3 aromatic rings. The summed E-state index contributed by atoms with van der Waals surface area (Å²) < 4.78 is 24.6. The Balaban J connectivity index is 1.70. The number of pyridine rings is 1. The van der Waals surface area contributed by atoms with Crippen molar-refractivity contribution >= 4 is 17.3 Å². The third-order valence-electron chi connectivity index (χ3n) is 4.78.